The van der Waals surface area contributed by atoms with Crippen molar-refractivity contribution in [3.63, 3.8) is 0 Å². The van der Waals surface area contributed by atoms with Gasteiger partial charge in [0.15, 0.2) is 0 Å². The van der Waals surface area contributed by atoms with Crippen LogP contribution in [0.2, 0.25) is 0 Å². The lowest BCUT2D eigenvalue weighted by Gasteiger charge is -2.09. The predicted molar refractivity (Wildman–Crippen MR) is 130 cm³/mol. The average molecular weight is 596 g/mol. The van der Waals surface area contributed by atoms with Crippen LogP contribution in [0.4, 0.5) is 0 Å². The minimum absolute atomic E-state index is 0.0523. The summed E-state index contributed by atoms with van der Waals surface area (Å²) in [7, 11) is 0. The third-order valence-electron chi connectivity index (χ3n) is 3.79. The second-order valence-corrected chi connectivity index (χ2v) is 8.98. The highest BCUT2D eigenvalue weighted by Crippen LogP contribution is 2.27. The van der Waals surface area contributed by atoms with Gasteiger partial charge in [0.2, 0.25) is 0 Å². The van der Waals surface area contributed by atoms with E-state index in [0.29, 0.717) is 14.7 Å². The number of amides is 2. The molecular formula is C21H15BrIN3O3S. The van der Waals surface area contributed by atoms with Crippen LogP contribution < -0.4 is 10.7 Å². The SMILES string of the molecule is O=C(N/N=C\c1cc(Br)cc(I)c1O)/C(=C\c1cccs1)NC(=O)c1ccccc1. The zero-order valence-corrected chi connectivity index (χ0v) is 19.9. The van der Waals surface area contributed by atoms with Crippen molar-refractivity contribution >= 4 is 74.0 Å². The number of nitrogens with zero attached hydrogens (tertiary/aromatic N) is 1. The van der Waals surface area contributed by atoms with Crippen molar-refractivity contribution < 1.29 is 14.7 Å². The second-order valence-electron chi connectivity index (χ2n) is 5.92. The fourth-order valence-corrected chi connectivity index (χ4v) is 4.57. The lowest BCUT2D eigenvalue weighted by molar-refractivity contribution is -0.117. The van der Waals surface area contributed by atoms with E-state index in [-0.39, 0.29) is 11.4 Å². The fraction of sp³-hybridized carbons (Fsp3) is 0. The molecule has 0 saturated carbocycles. The number of nitrogens with one attached hydrogen (secondary N) is 2. The molecule has 3 N–H and O–H groups in total. The van der Waals surface area contributed by atoms with Gasteiger partial charge in [-0.05, 0) is 64.4 Å². The Morgan fingerprint density at radius 2 is 1.90 bits per heavy atom. The molecule has 0 fully saturated rings. The van der Waals surface area contributed by atoms with Gasteiger partial charge < -0.3 is 10.4 Å². The number of aromatic hydroxyl groups is 1. The van der Waals surface area contributed by atoms with E-state index >= 15 is 0 Å². The first-order valence-corrected chi connectivity index (χ1v) is 11.3. The highest BCUT2D eigenvalue weighted by atomic mass is 127. The Hall–Kier alpha value is -2.50. The van der Waals surface area contributed by atoms with E-state index in [1.165, 1.54) is 17.6 Å². The molecule has 0 radical (unpaired) electrons. The Bertz CT molecular complexity index is 1120. The summed E-state index contributed by atoms with van der Waals surface area (Å²) in [6.45, 7) is 0. The summed E-state index contributed by atoms with van der Waals surface area (Å²) in [5, 5.41) is 18.5. The van der Waals surface area contributed by atoms with Crippen molar-refractivity contribution in [3.8, 4) is 5.75 Å². The number of carbonyl (C=O) groups excluding carboxylic acids is 2. The summed E-state index contributed by atoms with van der Waals surface area (Å²) in [5.74, 6) is -0.937. The Labute approximate surface area is 199 Å². The normalized spacial score (nSPS) is 11.5. The molecule has 3 rings (SSSR count). The fourth-order valence-electron chi connectivity index (χ4n) is 2.36. The smallest absolute Gasteiger partial charge is 0.287 e. The van der Waals surface area contributed by atoms with Gasteiger partial charge >= 0.3 is 0 Å². The van der Waals surface area contributed by atoms with Gasteiger partial charge in [0.05, 0.1) is 9.78 Å². The molecule has 152 valence electrons. The van der Waals surface area contributed by atoms with Crippen molar-refractivity contribution in [2.75, 3.05) is 0 Å². The second kappa shape index (κ2) is 10.5. The number of hydrogen-bond donors (Lipinski definition) is 3. The van der Waals surface area contributed by atoms with Crippen LogP contribution in [0, 0.1) is 3.57 Å². The van der Waals surface area contributed by atoms with Crippen LogP contribution in [0.25, 0.3) is 6.08 Å². The van der Waals surface area contributed by atoms with Crippen LogP contribution in [-0.2, 0) is 4.79 Å². The topological polar surface area (TPSA) is 90.8 Å². The van der Waals surface area contributed by atoms with Crippen molar-refractivity contribution in [1.82, 2.24) is 10.7 Å². The molecule has 6 nitrogen and oxygen atoms in total. The van der Waals surface area contributed by atoms with Gasteiger partial charge in [-0.15, -0.1) is 11.3 Å². The van der Waals surface area contributed by atoms with E-state index in [1.54, 1.807) is 48.5 Å². The highest BCUT2D eigenvalue weighted by molar-refractivity contribution is 14.1. The summed E-state index contributed by atoms with van der Waals surface area (Å²) in [4.78, 5) is 26.0. The molecule has 0 spiro atoms. The van der Waals surface area contributed by atoms with Gasteiger partial charge in [0.25, 0.3) is 11.8 Å². The average Bonchev–Trinajstić information content (AvgIpc) is 3.24. The monoisotopic (exact) mass is 595 g/mol. The van der Waals surface area contributed by atoms with Gasteiger partial charge in [0, 0.05) is 20.5 Å². The summed E-state index contributed by atoms with van der Waals surface area (Å²) in [6.07, 6.45) is 2.91. The van der Waals surface area contributed by atoms with E-state index in [1.807, 2.05) is 40.1 Å². The Kier molecular flexibility index (Phi) is 7.77. The Balaban J connectivity index is 1.78. The quantitative estimate of drug-likeness (QED) is 0.166. The van der Waals surface area contributed by atoms with Gasteiger partial charge in [-0.3, -0.25) is 9.59 Å². The molecule has 0 bridgehead atoms. The highest BCUT2D eigenvalue weighted by Gasteiger charge is 2.14. The minimum atomic E-state index is -0.590. The van der Waals surface area contributed by atoms with E-state index < -0.39 is 11.8 Å². The van der Waals surface area contributed by atoms with E-state index in [4.69, 9.17) is 0 Å². The number of hydrogen-bond acceptors (Lipinski definition) is 5. The molecule has 0 aliphatic heterocycles. The molecule has 3 aromatic rings. The van der Waals surface area contributed by atoms with E-state index in [0.717, 1.165) is 9.35 Å². The van der Waals surface area contributed by atoms with Gasteiger partial charge in [0.1, 0.15) is 11.4 Å². The molecule has 0 unspecified atom stereocenters. The number of halogens is 2. The maximum Gasteiger partial charge on any atom is 0.287 e. The number of carbonyl (C=O) groups is 2. The van der Waals surface area contributed by atoms with Gasteiger partial charge in [-0.1, -0.05) is 40.2 Å². The van der Waals surface area contributed by atoms with Gasteiger partial charge in [-0.25, -0.2) is 5.43 Å². The molecule has 0 atom stereocenters. The lowest BCUT2D eigenvalue weighted by Crippen LogP contribution is -2.32. The summed E-state index contributed by atoms with van der Waals surface area (Å²) < 4.78 is 1.41. The third kappa shape index (κ3) is 6.00. The molecule has 1 heterocycles. The summed E-state index contributed by atoms with van der Waals surface area (Å²) in [5.41, 5.74) is 3.31. The van der Waals surface area contributed by atoms with Crippen molar-refractivity contribution in [1.29, 1.82) is 0 Å². The third-order valence-corrected chi connectivity index (χ3v) is 5.89. The number of phenols is 1. The number of benzene rings is 2. The van der Waals surface area contributed by atoms with E-state index in [9.17, 15) is 14.7 Å². The van der Waals surface area contributed by atoms with E-state index in [2.05, 4.69) is 31.8 Å². The summed E-state index contributed by atoms with van der Waals surface area (Å²) >= 11 is 6.78. The van der Waals surface area contributed by atoms with Crippen LogP contribution >= 0.6 is 49.9 Å². The first-order chi connectivity index (χ1) is 14.4. The lowest BCUT2D eigenvalue weighted by atomic mass is 10.2. The van der Waals surface area contributed by atoms with Crippen LogP contribution in [0.1, 0.15) is 20.8 Å². The maximum atomic E-state index is 12.7. The Morgan fingerprint density at radius 1 is 1.13 bits per heavy atom. The number of rotatable bonds is 6. The van der Waals surface area contributed by atoms with Crippen molar-refractivity contribution in [2.45, 2.75) is 0 Å². The molecule has 2 aromatic carbocycles. The van der Waals surface area contributed by atoms with Crippen LogP contribution in [-0.4, -0.2) is 23.1 Å². The number of hydrazone groups is 1. The van der Waals surface area contributed by atoms with Gasteiger partial charge in [-0.2, -0.15) is 5.10 Å². The predicted octanol–water partition coefficient (Wildman–Crippen LogP) is 4.74. The van der Waals surface area contributed by atoms with Crippen molar-refractivity contribution in [3.05, 3.63) is 89.7 Å². The molecule has 0 aliphatic rings. The van der Waals surface area contributed by atoms with Crippen LogP contribution in [0.3, 0.4) is 0 Å². The van der Waals surface area contributed by atoms with Crippen LogP contribution in [0.5, 0.6) is 5.75 Å². The maximum absolute atomic E-state index is 12.7. The number of thiophene rings is 1. The van der Waals surface area contributed by atoms with Crippen LogP contribution in [0.15, 0.2) is 75.2 Å². The van der Waals surface area contributed by atoms with Crippen molar-refractivity contribution in [2.24, 2.45) is 5.10 Å². The molecule has 2 amide bonds. The Morgan fingerprint density at radius 3 is 2.60 bits per heavy atom. The largest absolute Gasteiger partial charge is 0.506 e. The molecule has 0 saturated heterocycles. The zero-order valence-electron chi connectivity index (χ0n) is 15.3. The molecule has 0 aliphatic carbocycles. The number of phenolic OH excluding ortho intramolecular Hbond substituents is 1. The first-order valence-electron chi connectivity index (χ1n) is 8.57. The minimum Gasteiger partial charge on any atom is -0.506 e. The zero-order chi connectivity index (χ0) is 21.5. The first kappa shape index (κ1) is 22.2. The molecule has 9 heteroatoms. The summed E-state index contributed by atoms with van der Waals surface area (Å²) in [6, 6.07) is 15.7. The molecule has 30 heavy (non-hydrogen) atoms. The molecular weight excluding hydrogens is 581 g/mol. The molecule has 1 aromatic heterocycles. The standard InChI is InChI=1S/C21H15BrIN3O3S/c22-15-9-14(19(27)17(23)10-15)12-24-26-21(29)18(11-16-7-4-8-30-16)25-20(28)13-5-2-1-3-6-13/h1-12,27H,(H,25,28)(H,26,29)/b18-11+,24-12-.